The van der Waals surface area contributed by atoms with Crippen molar-refractivity contribution in [2.45, 2.75) is 26.8 Å². The maximum Gasteiger partial charge on any atom is 0.345 e. The molecule has 0 bridgehead atoms. The minimum absolute atomic E-state index is 0.112. The van der Waals surface area contributed by atoms with Gasteiger partial charge < -0.3 is 15.3 Å². The van der Waals surface area contributed by atoms with Gasteiger partial charge in [-0.25, -0.2) is 9.18 Å². The van der Waals surface area contributed by atoms with Crippen molar-refractivity contribution in [2.24, 2.45) is 0 Å². The minimum Gasteiger partial charge on any atom is -0.477 e. The van der Waals surface area contributed by atoms with Crippen LogP contribution in [0.25, 0.3) is 0 Å². The summed E-state index contributed by atoms with van der Waals surface area (Å²) < 4.78 is 15.5. The van der Waals surface area contributed by atoms with Gasteiger partial charge in [-0.1, -0.05) is 0 Å². The van der Waals surface area contributed by atoms with E-state index in [1.165, 1.54) is 22.7 Å². The summed E-state index contributed by atoms with van der Waals surface area (Å²) in [7, 11) is 0. The summed E-state index contributed by atoms with van der Waals surface area (Å²) >= 11 is 1.70. The molecule has 6 nitrogen and oxygen atoms in total. The highest BCUT2D eigenvalue weighted by atomic mass is 32.1. The Labute approximate surface area is 185 Å². The van der Waals surface area contributed by atoms with Gasteiger partial charge in [0.25, 0.3) is 0 Å². The van der Waals surface area contributed by atoms with E-state index >= 15 is 4.39 Å². The van der Waals surface area contributed by atoms with Crippen molar-refractivity contribution in [1.82, 2.24) is 9.80 Å². The monoisotopic (exact) mass is 444 g/mol. The fraction of sp³-hybridized carbons (Fsp3) is 0.391. The number of aryl methyl sites for hydroxylation is 1. The highest BCUT2D eigenvalue weighted by Crippen LogP contribution is 2.40. The SMILES string of the molecule is CC[N+]1(CC)C=C(C(=O)O)C(=O)c2cc(F)c(N3CCNC(c4sccc4C)C3)cc21. The summed E-state index contributed by atoms with van der Waals surface area (Å²) in [6, 6.07) is 5.19. The quantitative estimate of drug-likeness (QED) is 0.541. The fourth-order valence-electron chi connectivity index (χ4n) is 4.65. The first-order valence-corrected chi connectivity index (χ1v) is 11.4. The van der Waals surface area contributed by atoms with Crippen LogP contribution in [0, 0.1) is 12.7 Å². The van der Waals surface area contributed by atoms with E-state index in [4.69, 9.17) is 0 Å². The molecular weight excluding hydrogens is 417 g/mol. The largest absolute Gasteiger partial charge is 0.477 e. The van der Waals surface area contributed by atoms with E-state index in [2.05, 4.69) is 23.7 Å². The number of ketones is 1. The number of Topliss-reactive ketones (excluding diaryl/α,β-unsaturated/α-hetero) is 1. The molecule has 8 heteroatoms. The molecule has 1 unspecified atom stereocenters. The van der Waals surface area contributed by atoms with Crippen molar-refractivity contribution in [3.63, 3.8) is 0 Å². The smallest absolute Gasteiger partial charge is 0.345 e. The number of hydrogen-bond acceptors (Lipinski definition) is 5. The van der Waals surface area contributed by atoms with E-state index in [-0.39, 0.29) is 21.7 Å². The number of carboxylic acid groups (broad SMARTS) is 1. The van der Waals surface area contributed by atoms with Gasteiger partial charge in [0.05, 0.1) is 30.4 Å². The molecule has 2 aliphatic rings. The lowest BCUT2D eigenvalue weighted by molar-refractivity contribution is -0.132. The van der Waals surface area contributed by atoms with Gasteiger partial charge in [0.15, 0.2) is 11.3 Å². The third kappa shape index (κ3) is 3.58. The summed E-state index contributed by atoms with van der Waals surface area (Å²) in [6.07, 6.45) is 1.52. The van der Waals surface area contributed by atoms with Crippen molar-refractivity contribution in [3.8, 4) is 0 Å². The summed E-state index contributed by atoms with van der Waals surface area (Å²) in [4.78, 5) is 27.8. The number of hydrogen-bond donors (Lipinski definition) is 2. The third-order valence-corrected chi connectivity index (χ3v) is 7.64. The van der Waals surface area contributed by atoms with E-state index in [0.29, 0.717) is 37.6 Å². The van der Waals surface area contributed by atoms with Gasteiger partial charge in [-0.05, 0) is 43.8 Å². The van der Waals surface area contributed by atoms with Crippen LogP contribution in [0.15, 0.2) is 35.4 Å². The van der Waals surface area contributed by atoms with E-state index in [9.17, 15) is 14.7 Å². The molecule has 1 atom stereocenters. The van der Waals surface area contributed by atoms with Gasteiger partial charge in [-0.15, -0.1) is 11.3 Å². The van der Waals surface area contributed by atoms with Crippen molar-refractivity contribution in [1.29, 1.82) is 0 Å². The summed E-state index contributed by atoms with van der Waals surface area (Å²) in [5, 5.41) is 15.1. The van der Waals surface area contributed by atoms with Crippen LogP contribution in [0.2, 0.25) is 0 Å². The molecule has 0 radical (unpaired) electrons. The molecule has 2 aromatic rings. The van der Waals surface area contributed by atoms with E-state index in [0.717, 1.165) is 6.54 Å². The number of thiophene rings is 1. The lowest BCUT2D eigenvalue weighted by Gasteiger charge is -2.39. The molecule has 31 heavy (non-hydrogen) atoms. The molecular formula is C23H27FN3O3S+. The molecule has 1 aromatic carbocycles. The van der Waals surface area contributed by atoms with Crippen LogP contribution in [0.3, 0.4) is 0 Å². The standard InChI is InChI=1S/C23H26FN3O3S/c1-4-27(5-2)13-16(23(29)30)21(28)15-10-17(24)19(11-20(15)27)26-8-7-25-18(12-26)22-14(3)6-9-31-22/h6,9-11,13,18,25H,4-5,7-8,12H2,1-3H3/p+1. The fourth-order valence-corrected chi connectivity index (χ4v) is 5.64. The Morgan fingerprint density at radius 3 is 2.71 bits per heavy atom. The molecule has 1 aromatic heterocycles. The minimum atomic E-state index is -1.28. The number of benzene rings is 1. The first kappa shape index (κ1) is 21.7. The molecule has 1 fully saturated rings. The molecule has 2 N–H and O–H groups in total. The Morgan fingerprint density at radius 2 is 2.10 bits per heavy atom. The molecule has 1 saturated heterocycles. The number of carbonyl (C=O) groups excluding carboxylic acids is 1. The second kappa shape index (κ2) is 8.18. The van der Waals surface area contributed by atoms with Crippen LogP contribution in [0.5, 0.6) is 0 Å². The predicted molar refractivity (Wildman–Crippen MR) is 121 cm³/mol. The second-order valence-electron chi connectivity index (χ2n) is 8.08. The third-order valence-electron chi connectivity index (χ3n) is 6.50. The Balaban J connectivity index is 1.77. The first-order valence-electron chi connectivity index (χ1n) is 10.5. The number of piperazine rings is 1. The summed E-state index contributed by atoms with van der Waals surface area (Å²) in [5.74, 6) is -2.40. The zero-order valence-corrected chi connectivity index (χ0v) is 18.8. The lowest BCUT2D eigenvalue weighted by atomic mass is 9.94. The number of anilines is 1. The number of rotatable bonds is 5. The highest BCUT2D eigenvalue weighted by Gasteiger charge is 2.41. The predicted octanol–water partition coefficient (Wildman–Crippen LogP) is 3.86. The van der Waals surface area contributed by atoms with E-state index < -0.39 is 17.6 Å². The van der Waals surface area contributed by atoms with Gasteiger partial charge in [0.2, 0.25) is 5.78 Å². The topological polar surface area (TPSA) is 69.6 Å². The van der Waals surface area contributed by atoms with Crippen molar-refractivity contribution >= 4 is 34.5 Å². The molecule has 3 heterocycles. The van der Waals surface area contributed by atoms with Crippen LogP contribution in [0.4, 0.5) is 15.8 Å². The average Bonchev–Trinajstić information content (AvgIpc) is 3.20. The normalized spacial score (nSPS) is 20.4. The number of aliphatic carboxylic acids is 1. The second-order valence-corrected chi connectivity index (χ2v) is 9.03. The Morgan fingerprint density at radius 1 is 1.35 bits per heavy atom. The van der Waals surface area contributed by atoms with Gasteiger partial charge >= 0.3 is 5.97 Å². The molecule has 0 amide bonds. The van der Waals surface area contributed by atoms with Crippen LogP contribution in [-0.2, 0) is 4.79 Å². The molecule has 0 saturated carbocycles. The first-order chi connectivity index (χ1) is 14.8. The van der Waals surface area contributed by atoms with Crippen LogP contribution in [0.1, 0.15) is 40.7 Å². The summed E-state index contributed by atoms with van der Waals surface area (Å²) in [5.41, 5.74) is 2.20. The number of quaternary nitrogens is 1. The maximum absolute atomic E-state index is 15.3. The number of carboxylic acids is 1. The van der Waals surface area contributed by atoms with Gasteiger partial charge in [0.1, 0.15) is 12.0 Å². The Bertz CT molecular complexity index is 1070. The molecule has 0 spiro atoms. The van der Waals surface area contributed by atoms with Gasteiger partial charge in [0, 0.05) is 30.6 Å². The average molecular weight is 445 g/mol. The molecule has 0 aliphatic carbocycles. The molecule has 4 rings (SSSR count). The van der Waals surface area contributed by atoms with Crippen LogP contribution in [-0.4, -0.2) is 49.6 Å². The number of fused-ring (bicyclic) bond motifs is 1. The number of nitrogens with zero attached hydrogens (tertiary/aromatic N) is 2. The summed E-state index contributed by atoms with van der Waals surface area (Å²) in [6.45, 7) is 9.11. The number of carbonyl (C=O) groups is 2. The Kier molecular flexibility index (Phi) is 5.72. The molecule has 2 aliphatic heterocycles. The number of halogens is 1. The van der Waals surface area contributed by atoms with Crippen molar-refractivity contribution < 1.29 is 19.1 Å². The maximum atomic E-state index is 15.3. The highest BCUT2D eigenvalue weighted by molar-refractivity contribution is 7.10. The van der Waals surface area contributed by atoms with Crippen LogP contribution < -0.4 is 14.7 Å². The van der Waals surface area contributed by atoms with E-state index in [1.807, 2.05) is 18.7 Å². The van der Waals surface area contributed by atoms with Crippen molar-refractivity contribution in [3.05, 3.63) is 57.2 Å². The van der Waals surface area contributed by atoms with Gasteiger partial charge in [-0.2, -0.15) is 0 Å². The zero-order valence-electron chi connectivity index (χ0n) is 17.9. The Hall–Kier alpha value is -2.55. The lowest BCUT2D eigenvalue weighted by Crippen LogP contribution is -2.49. The van der Waals surface area contributed by atoms with E-state index in [1.54, 1.807) is 17.4 Å². The van der Waals surface area contributed by atoms with Gasteiger partial charge in [-0.3, -0.25) is 9.28 Å². The molecule has 164 valence electrons. The van der Waals surface area contributed by atoms with Crippen molar-refractivity contribution in [2.75, 3.05) is 37.6 Å². The number of nitrogens with one attached hydrogen (secondary N) is 1. The zero-order chi connectivity index (χ0) is 22.3. The van der Waals surface area contributed by atoms with Crippen LogP contribution >= 0.6 is 11.3 Å².